The van der Waals surface area contributed by atoms with E-state index in [9.17, 15) is 14.3 Å². The van der Waals surface area contributed by atoms with Crippen LogP contribution in [0.4, 0.5) is 4.39 Å². The zero-order valence-electron chi connectivity index (χ0n) is 10.5. The van der Waals surface area contributed by atoms with E-state index in [4.69, 9.17) is 0 Å². The maximum Gasteiger partial charge on any atom is 0.264 e. The van der Waals surface area contributed by atoms with Gasteiger partial charge in [0.05, 0.1) is 23.6 Å². The molecule has 1 aromatic heterocycles. The first kappa shape index (κ1) is 12.6. The number of β-amino-alcohol motifs (C(OH)–C–C–N with tert-alkyl or cyclic N) is 1. The van der Waals surface area contributed by atoms with Gasteiger partial charge in [0.2, 0.25) is 0 Å². The third-order valence-corrected chi connectivity index (χ3v) is 4.69. The van der Waals surface area contributed by atoms with E-state index in [0.29, 0.717) is 24.4 Å². The average Bonchev–Trinajstić information content (AvgIpc) is 2.77. The van der Waals surface area contributed by atoms with Crippen LogP contribution in [-0.4, -0.2) is 34.6 Å². The van der Waals surface area contributed by atoms with Crippen LogP contribution in [0.25, 0.3) is 10.1 Å². The highest BCUT2D eigenvalue weighted by atomic mass is 32.1. The van der Waals surface area contributed by atoms with Crippen molar-refractivity contribution in [3.63, 3.8) is 0 Å². The number of amides is 1. The molecule has 3 nitrogen and oxygen atoms in total. The van der Waals surface area contributed by atoms with Crippen LogP contribution >= 0.6 is 11.3 Å². The van der Waals surface area contributed by atoms with Crippen molar-refractivity contribution in [2.75, 3.05) is 13.1 Å². The van der Waals surface area contributed by atoms with Crippen molar-refractivity contribution >= 4 is 27.3 Å². The van der Waals surface area contributed by atoms with E-state index in [1.807, 2.05) is 6.92 Å². The van der Waals surface area contributed by atoms with E-state index in [1.54, 1.807) is 17.0 Å². The number of hydrogen-bond donors (Lipinski definition) is 1. The molecule has 1 amide bonds. The molecule has 3 rings (SSSR count). The molecule has 1 aromatic carbocycles. The Morgan fingerprint density at radius 2 is 2.21 bits per heavy atom. The quantitative estimate of drug-likeness (QED) is 0.918. The Bertz CT molecular complexity index is 646. The van der Waals surface area contributed by atoms with Crippen LogP contribution in [0.3, 0.4) is 0 Å². The number of fused-ring (bicyclic) bond motifs is 1. The fourth-order valence-electron chi connectivity index (χ4n) is 2.30. The van der Waals surface area contributed by atoms with Crippen molar-refractivity contribution in [3.8, 4) is 0 Å². The van der Waals surface area contributed by atoms with Gasteiger partial charge in [0, 0.05) is 4.70 Å². The fraction of sp³-hybridized carbons (Fsp3) is 0.357. The van der Waals surface area contributed by atoms with Crippen LogP contribution in [0.2, 0.25) is 0 Å². The molecule has 100 valence electrons. The van der Waals surface area contributed by atoms with E-state index in [1.165, 1.54) is 23.5 Å². The second-order valence-electron chi connectivity index (χ2n) is 5.03. The van der Waals surface area contributed by atoms with Gasteiger partial charge in [0.25, 0.3) is 5.91 Å². The van der Waals surface area contributed by atoms with Crippen molar-refractivity contribution in [1.29, 1.82) is 0 Å². The third-order valence-electron chi connectivity index (χ3n) is 3.61. The number of thiophene rings is 1. The van der Waals surface area contributed by atoms with Crippen LogP contribution in [0, 0.1) is 5.82 Å². The number of hydrogen-bond acceptors (Lipinski definition) is 3. The first-order valence-corrected chi connectivity index (χ1v) is 7.03. The zero-order chi connectivity index (χ0) is 13.6. The molecule has 19 heavy (non-hydrogen) atoms. The molecule has 0 spiro atoms. The summed E-state index contributed by atoms with van der Waals surface area (Å²) >= 11 is 1.29. The summed E-state index contributed by atoms with van der Waals surface area (Å²) in [5.41, 5.74) is -0.724. The summed E-state index contributed by atoms with van der Waals surface area (Å²) in [5.74, 6) is -0.377. The van der Waals surface area contributed by atoms with Crippen LogP contribution in [0.1, 0.15) is 23.0 Å². The standard InChI is InChI=1S/C14H14FNO2S/c1-2-14(18)7-16(8-14)13(17)12-5-9-3-4-10(15)6-11(9)19-12/h3-6,18H,2,7-8H2,1H3. The Kier molecular flexibility index (Phi) is 2.83. The van der Waals surface area contributed by atoms with Crippen molar-refractivity contribution in [2.24, 2.45) is 0 Å². The predicted molar refractivity (Wildman–Crippen MR) is 72.9 cm³/mol. The third kappa shape index (κ3) is 2.13. The lowest BCUT2D eigenvalue weighted by molar-refractivity contribution is -0.0824. The summed E-state index contributed by atoms with van der Waals surface area (Å²) in [4.78, 5) is 14.4. The number of carbonyl (C=O) groups excluding carboxylic acids is 1. The maximum atomic E-state index is 13.1. The molecular formula is C14H14FNO2S. The molecular weight excluding hydrogens is 265 g/mol. The molecule has 1 saturated heterocycles. The lowest BCUT2D eigenvalue weighted by Crippen LogP contribution is -2.63. The highest BCUT2D eigenvalue weighted by molar-refractivity contribution is 7.20. The van der Waals surface area contributed by atoms with Crippen LogP contribution in [-0.2, 0) is 0 Å². The SMILES string of the molecule is CCC1(O)CN(C(=O)c2cc3ccc(F)cc3s2)C1. The smallest absolute Gasteiger partial charge is 0.264 e. The van der Waals surface area contributed by atoms with Crippen molar-refractivity contribution in [1.82, 2.24) is 4.90 Å². The van der Waals surface area contributed by atoms with Crippen molar-refractivity contribution < 1.29 is 14.3 Å². The summed E-state index contributed by atoms with van der Waals surface area (Å²) in [6.07, 6.45) is 0.647. The Hall–Kier alpha value is -1.46. The number of rotatable bonds is 2. The number of nitrogens with zero attached hydrogens (tertiary/aromatic N) is 1. The van der Waals surface area contributed by atoms with Gasteiger partial charge in [-0.3, -0.25) is 4.79 Å². The lowest BCUT2D eigenvalue weighted by Gasteiger charge is -2.45. The minimum absolute atomic E-state index is 0.0836. The second kappa shape index (κ2) is 4.28. The van der Waals surface area contributed by atoms with Crippen molar-refractivity contribution in [2.45, 2.75) is 18.9 Å². The molecule has 1 aliphatic heterocycles. The molecule has 2 heterocycles. The fourth-order valence-corrected chi connectivity index (χ4v) is 3.35. The summed E-state index contributed by atoms with van der Waals surface area (Å²) in [6, 6.07) is 6.29. The lowest BCUT2D eigenvalue weighted by atomic mass is 9.91. The predicted octanol–water partition coefficient (Wildman–Crippen LogP) is 2.64. The Morgan fingerprint density at radius 3 is 2.89 bits per heavy atom. The number of halogens is 1. The summed E-state index contributed by atoms with van der Waals surface area (Å²) < 4.78 is 13.9. The summed E-state index contributed by atoms with van der Waals surface area (Å²) in [6.45, 7) is 2.67. The normalized spacial score (nSPS) is 17.5. The topological polar surface area (TPSA) is 40.5 Å². The van der Waals surface area contributed by atoms with E-state index >= 15 is 0 Å². The molecule has 0 radical (unpaired) electrons. The van der Waals surface area contributed by atoms with Gasteiger partial charge >= 0.3 is 0 Å². The van der Waals surface area contributed by atoms with E-state index in [-0.39, 0.29) is 11.7 Å². The molecule has 0 atom stereocenters. The number of carbonyl (C=O) groups is 1. The minimum atomic E-state index is -0.724. The molecule has 1 aliphatic rings. The Balaban J connectivity index is 1.83. The summed E-state index contributed by atoms with van der Waals surface area (Å²) in [5, 5.41) is 10.8. The number of benzene rings is 1. The van der Waals surface area contributed by atoms with Gasteiger partial charge in [0.1, 0.15) is 5.82 Å². The van der Waals surface area contributed by atoms with Gasteiger partial charge in [-0.25, -0.2) is 4.39 Å². The molecule has 0 saturated carbocycles. The van der Waals surface area contributed by atoms with Gasteiger partial charge in [-0.1, -0.05) is 13.0 Å². The van der Waals surface area contributed by atoms with Gasteiger partial charge in [-0.2, -0.15) is 0 Å². The largest absolute Gasteiger partial charge is 0.386 e. The van der Waals surface area contributed by atoms with E-state index < -0.39 is 5.60 Å². The number of aliphatic hydroxyl groups is 1. The van der Waals surface area contributed by atoms with Gasteiger partial charge in [-0.05, 0) is 30.0 Å². The second-order valence-corrected chi connectivity index (χ2v) is 6.12. The highest BCUT2D eigenvalue weighted by Crippen LogP contribution is 2.31. The highest BCUT2D eigenvalue weighted by Gasteiger charge is 2.42. The Labute approximate surface area is 114 Å². The Morgan fingerprint density at radius 1 is 1.47 bits per heavy atom. The summed E-state index contributed by atoms with van der Waals surface area (Å²) in [7, 11) is 0. The van der Waals surface area contributed by atoms with Gasteiger partial charge in [-0.15, -0.1) is 11.3 Å². The van der Waals surface area contributed by atoms with Gasteiger partial charge < -0.3 is 10.0 Å². The molecule has 0 unspecified atom stereocenters. The first-order valence-electron chi connectivity index (χ1n) is 6.21. The minimum Gasteiger partial charge on any atom is -0.386 e. The number of likely N-dealkylation sites (tertiary alicyclic amines) is 1. The monoisotopic (exact) mass is 279 g/mol. The van der Waals surface area contributed by atoms with E-state index in [0.717, 1.165) is 10.1 Å². The van der Waals surface area contributed by atoms with Crippen LogP contribution < -0.4 is 0 Å². The molecule has 2 aromatic rings. The van der Waals surface area contributed by atoms with Crippen LogP contribution in [0.15, 0.2) is 24.3 Å². The van der Waals surface area contributed by atoms with Crippen LogP contribution in [0.5, 0.6) is 0 Å². The van der Waals surface area contributed by atoms with E-state index in [2.05, 4.69) is 0 Å². The average molecular weight is 279 g/mol. The molecule has 0 bridgehead atoms. The zero-order valence-corrected chi connectivity index (χ0v) is 11.3. The molecule has 1 N–H and O–H groups in total. The first-order chi connectivity index (χ1) is 9.00. The maximum absolute atomic E-state index is 13.1. The molecule has 0 aliphatic carbocycles. The van der Waals surface area contributed by atoms with Crippen molar-refractivity contribution in [3.05, 3.63) is 35.0 Å². The van der Waals surface area contributed by atoms with Gasteiger partial charge in [0.15, 0.2) is 0 Å². The molecule has 5 heteroatoms. The molecule has 1 fully saturated rings.